The zero-order valence-corrected chi connectivity index (χ0v) is 26.5. The molecule has 2 aromatic carbocycles. The summed E-state index contributed by atoms with van der Waals surface area (Å²) in [4.78, 5) is 47.3. The van der Waals surface area contributed by atoms with E-state index in [0.717, 1.165) is 51.3 Å². The van der Waals surface area contributed by atoms with E-state index in [9.17, 15) is 23.2 Å². The number of benzene rings is 2. The highest BCUT2D eigenvalue weighted by Gasteiger charge is 2.21. The van der Waals surface area contributed by atoms with Crippen molar-refractivity contribution in [2.75, 3.05) is 55.7 Å². The van der Waals surface area contributed by atoms with E-state index < -0.39 is 41.3 Å². The van der Waals surface area contributed by atoms with Crippen LogP contribution in [-0.2, 0) is 4.74 Å². The quantitative estimate of drug-likeness (QED) is 0.220. The Labute approximate surface area is 267 Å². The van der Waals surface area contributed by atoms with Crippen LogP contribution in [0, 0.1) is 11.6 Å². The van der Waals surface area contributed by atoms with Gasteiger partial charge in [-0.15, -0.1) is 0 Å². The highest BCUT2D eigenvalue weighted by molar-refractivity contribution is 6.05. The standard InChI is InChI=1S/C33H41F2N7O4/c1-33(2,3)46-32(45)40-28-9-6-5-8-27(28)38-30(43)29-14-11-22(21-36-29)26(10-7-15-42-18-16-41(4)17-19-42)39-31(44)37-23-12-13-24(34)25(35)20-23/h5-6,8-9,11-14,20-21,26H,7,10,15-19H2,1-4H3,(H,38,43)(H,40,45)(H2,37,39,44). The number of hydrogen-bond donors (Lipinski definition) is 4. The molecule has 3 aromatic rings. The molecule has 13 heteroatoms. The second-order valence-electron chi connectivity index (χ2n) is 12.2. The normalized spacial score (nSPS) is 14.7. The number of pyridine rings is 1. The number of urea groups is 1. The first-order valence-electron chi connectivity index (χ1n) is 15.2. The van der Waals surface area contributed by atoms with Gasteiger partial charge in [0.15, 0.2) is 11.6 Å². The number of para-hydroxylation sites is 2. The predicted molar refractivity (Wildman–Crippen MR) is 173 cm³/mol. The molecule has 1 aromatic heterocycles. The number of nitrogens with one attached hydrogen (secondary N) is 4. The molecule has 2 heterocycles. The number of halogens is 2. The summed E-state index contributed by atoms with van der Waals surface area (Å²) in [5, 5.41) is 10.9. The summed E-state index contributed by atoms with van der Waals surface area (Å²) < 4.78 is 32.3. The fourth-order valence-corrected chi connectivity index (χ4v) is 4.86. The van der Waals surface area contributed by atoms with E-state index in [0.29, 0.717) is 23.4 Å². The van der Waals surface area contributed by atoms with Gasteiger partial charge in [-0.3, -0.25) is 15.1 Å². The molecule has 1 aliphatic heterocycles. The van der Waals surface area contributed by atoms with Crippen molar-refractivity contribution >= 4 is 35.1 Å². The van der Waals surface area contributed by atoms with Crippen molar-refractivity contribution in [1.29, 1.82) is 0 Å². The number of piperazine rings is 1. The molecule has 4 N–H and O–H groups in total. The molecule has 0 radical (unpaired) electrons. The van der Waals surface area contributed by atoms with Gasteiger partial charge in [0.1, 0.15) is 11.3 Å². The van der Waals surface area contributed by atoms with Gasteiger partial charge in [0.2, 0.25) is 0 Å². The Kier molecular flexibility index (Phi) is 11.6. The third kappa shape index (κ3) is 10.5. The minimum atomic E-state index is -1.07. The number of anilines is 3. The summed E-state index contributed by atoms with van der Waals surface area (Å²) in [6.45, 7) is 10.0. The highest BCUT2D eigenvalue weighted by Crippen LogP contribution is 2.24. The van der Waals surface area contributed by atoms with Gasteiger partial charge in [0.25, 0.3) is 5.91 Å². The van der Waals surface area contributed by atoms with Gasteiger partial charge in [-0.1, -0.05) is 18.2 Å². The lowest BCUT2D eigenvalue weighted by molar-refractivity contribution is 0.0635. The number of ether oxygens (including phenoxy) is 1. The Morgan fingerprint density at radius 3 is 2.24 bits per heavy atom. The monoisotopic (exact) mass is 637 g/mol. The molecule has 0 bridgehead atoms. The first-order chi connectivity index (χ1) is 21.9. The van der Waals surface area contributed by atoms with Crippen LogP contribution >= 0.6 is 0 Å². The number of amides is 4. The van der Waals surface area contributed by atoms with Crippen LogP contribution in [0.1, 0.15) is 55.7 Å². The SMILES string of the molecule is CN1CCN(CCCC(NC(=O)Nc2ccc(F)c(F)c2)c2ccc(C(=O)Nc3ccccc3NC(=O)OC(C)(C)C)nc2)CC1. The van der Waals surface area contributed by atoms with Gasteiger partial charge in [-0.25, -0.2) is 18.4 Å². The maximum atomic E-state index is 13.7. The average molecular weight is 638 g/mol. The van der Waals surface area contributed by atoms with Crippen molar-refractivity contribution in [2.24, 2.45) is 0 Å². The van der Waals surface area contributed by atoms with Crippen LogP contribution in [0.5, 0.6) is 0 Å². The topological polar surface area (TPSA) is 128 Å². The van der Waals surface area contributed by atoms with Crippen LogP contribution in [0.3, 0.4) is 0 Å². The Hall–Kier alpha value is -4.62. The molecular formula is C33H41F2N7O4. The summed E-state index contributed by atoms with van der Waals surface area (Å²) in [5.74, 6) is -2.57. The predicted octanol–water partition coefficient (Wildman–Crippen LogP) is 5.85. The molecule has 0 aliphatic carbocycles. The molecule has 1 atom stereocenters. The number of aromatic nitrogens is 1. The van der Waals surface area contributed by atoms with Crippen molar-refractivity contribution in [1.82, 2.24) is 20.1 Å². The lowest BCUT2D eigenvalue weighted by Crippen LogP contribution is -2.44. The van der Waals surface area contributed by atoms with Crippen LogP contribution in [-0.4, -0.2) is 78.2 Å². The second kappa shape index (κ2) is 15.6. The molecule has 246 valence electrons. The van der Waals surface area contributed by atoms with Gasteiger partial charge in [0.05, 0.1) is 17.4 Å². The van der Waals surface area contributed by atoms with E-state index in [1.807, 2.05) is 0 Å². The lowest BCUT2D eigenvalue weighted by Gasteiger charge is -2.32. The van der Waals surface area contributed by atoms with Crippen molar-refractivity contribution < 1.29 is 27.9 Å². The van der Waals surface area contributed by atoms with E-state index in [1.165, 1.54) is 12.3 Å². The molecule has 0 saturated carbocycles. The molecule has 46 heavy (non-hydrogen) atoms. The Morgan fingerprint density at radius 2 is 1.61 bits per heavy atom. The number of nitrogens with zero attached hydrogens (tertiary/aromatic N) is 3. The molecular weight excluding hydrogens is 596 g/mol. The van der Waals surface area contributed by atoms with Crippen LogP contribution in [0.15, 0.2) is 60.8 Å². The van der Waals surface area contributed by atoms with E-state index in [1.54, 1.807) is 57.2 Å². The smallest absolute Gasteiger partial charge is 0.412 e. The lowest BCUT2D eigenvalue weighted by atomic mass is 10.0. The fourth-order valence-electron chi connectivity index (χ4n) is 4.86. The number of carbonyl (C=O) groups is 3. The maximum Gasteiger partial charge on any atom is 0.412 e. The zero-order valence-electron chi connectivity index (χ0n) is 26.5. The van der Waals surface area contributed by atoms with Crippen molar-refractivity contribution in [3.05, 3.63) is 83.7 Å². The molecule has 1 aliphatic rings. The van der Waals surface area contributed by atoms with Crippen molar-refractivity contribution in [3.63, 3.8) is 0 Å². The maximum absolute atomic E-state index is 13.7. The highest BCUT2D eigenvalue weighted by atomic mass is 19.2. The molecule has 0 spiro atoms. The minimum absolute atomic E-state index is 0.110. The molecule has 4 rings (SSSR count). The van der Waals surface area contributed by atoms with Gasteiger partial charge in [-0.2, -0.15) is 0 Å². The van der Waals surface area contributed by atoms with Crippen molar-refractivity contribution in [3.8, 4) is 0 Å². The number of rotatable bonds is 10. The zero-order chi connectivity index (χ0) is 33.3. The van der Waals surface area contributed by atoms with Gasteiger partial charge in [0, 0.05) is 44.1 Å². The summed E-state index contributed by atoms with van der Waals surface area (Å²) in [6.07, 6.45) is 2.23. The van der Waals surface area contributed by atoms with E-state index >= 15 is 0 Å². The Morgan fingerprint density at radius 1 is 0.913 bits per heavy atom. The number of likely N-dealkylation sites (N-methyl/N-ethyl adjacent to an activating group) is 1. The number of hydrogen-bond acceptors (Lipinski definition) is 7. The summed E-state index contributed by atoms with van der Waals surface area (Å²) in [5.41, 5.74) is 0.935. The third-order valence-corrected chi connectivity index (χ3v) is 7.28. The fraction of sp³-hybridized carbons (Fsp3) is 0.394. The van der Waals surface area contributed by atoms with Crippen LogP contribution in [0.2, 0.25) is 0 Å². The first kappa shape index (κ1) is 34.3. The largest absolute Gasteiger partial charge is 0.444 e. The van der Waals surface area contributed by atoms with Crippen LogP contribution < -0.4 is 21.3 Å². The molecule has 1 unspecified atom stereocenters. The summed E-state index contributed by atoms with van der Waals surface area (Å²) >= 11 is 0. The first-order valence-corrected chi connectivity index (χ1v) is 15.2. The van der Waals surface area contributed by atoms with E-state index in [4.69, 9.17) is 4.74 Å². The van der Waals surface area contributed by atoms with Gasteiger partial charge < -0.3 is 30.5 Å². The summed E-state index contributed by atoms with van der Waals surface area (Å²) in [6, 6.07) is 12.0. The van der Waals surface area contributed by atoms with Gasteiger partial charge >= 0.3 is 12.1 Å². The van der Waals surface area contributed by atoms with Crippen LogP contribution in [0.4, 0.5) is 35.4 Å². The van der Waals surface area contributed by atoms with E-state index in [-0.39, 0.29) is 11.4 Å². The second-order valence-corrected chi connectivity index (χ2v) is 12.2. The Balaban J connectivity index is 1.43. The van der Waals surface area contributed by atoms with Gasteiger partial charge in [-0.05, 0) is 83.1 Å². The number of carbonyl (C=O) groups excluding carboxylic acids is 3. The summed E-state index contributed by atoms with van der Waals surface area (Å²) in [7, 11) is 2.10. The Bertz CT molecular complexity index is 1510. The van der Waals surface area contributed by atoms with Crippen LogP contribution in [0.25, 0.3) is 0 Å². The molecule has 1 saturated heterocycles. The van der Waals surface area contributed by atoms with E-state index in [2.05, 4.69) is 43.1 Å². The average Bonchev–Trinajstić information content (AvgIpc) is 2.99. The molecule has 11 nitrogen and oxygen atoms in total. The third-order valence-electron chi connectivity index (χ3n) is 7.28. The molecule has 1 fully saturated rings. The van der Waals surface area contributed by atoms with Crippen molar-refractivity contribution in [2.45, 2.75) is 45.3 Å². The minimum Gasteiger partial charge on any atom is -0.444 e. The molecule has 4 amide bonds.